The third kappa shape index (κ3) is 3.60. The molecule has 1 atom stereocenters. The van der Waals surface area contributed by atoms with E-state index in [1.54, 1.807) is 20.0 Å². The number of sulfone groups is 1. The van der Waals surface area contributed by atoms with Crippen molar-refractivity contribution in [3.05, 3.63) is 23.9 Å². The third-order valence-electron chi connectivity index (χ3n) is 3.36. The first-order valence-electron chi connectivity index (χ1n) is 6.58. The van der Waals surface area contributed by atoms with Gasteiger partial charge in [-0.15, -0.1) is 0 Å². The summed E-state index contributed by atoms with van der Waals surface area (Å²) in [6.07, 6.45) is 1.51. The van der Waals surface area contributed by atoms with E-state index < -0.39 is 25.9 Å². The quantitative estimate of drug-likeness (QED) is 0.806. The van der Waals surface area contributed by atoms with E-state index in [9.17, 15) is 16.8 Å². The standard InChI is InChI=1S/C12H19N3O4S2/c1-10-9-20(16,17)6-5-15(10)21(18,19)12-4-3-11(7-13-2)8-14-12/h3-4,8,10,13H,5-7,9H2,1-2H3. The van der Waals surface area contributed by atoms with Crippen LogP contribution in [0.25, 0.3) is 0 Å². The van der Waals surface area contributed by atoms with Crippen LogP contribution in [-0.4, -0.2) is 57.3 Å². The summed E-state index contributed by atoms with van der Waals surface area (Å²) in [6, 6.07) is 2.58. The molecule has 1 aromatic heterocycles. The van der Waals surface area contributed by atoms with E-state index in [1.807, 2.05) is 0 Å². The van der Waals surface area contributed by atoms with Crippen LogP contribution in [-0.2, 0) is 26.4 Å². The lowest BCUT2D eigenvalue weighted by atomic mass is 10.3. The summed E-state index contributed by atoms with van der Waals surface area (Å²) in [7, 11) is -5.12. The lowest BCUT2D eigenvalue weighted by Gasteiger charge is -2.31. The number of rotatable bonds is 4. The number of nitrogens with one attached hydrogen (secondary N) is 1. The van der Waals surface area contributed by atoms with Gasteiger partial charge in [0.2, 0.25) is 0 Å². The smallest absolute Gasteiger partial charge is 0.260 e. The Morgan fingerprint density at radius 2 is 2.14 bits per heavy atom. The Balaban J connectivity index is 2.25. The van der Waals surface area contributed by atoms with Gasteiger partial charge in [-0.2, -0.15) is 4.31 Å². The molecule has 0 aromatic carbocycles. The van der Waals surface area contributed by atoms with Gasteiger partial charge in [0.05, 0.1) is 11.5 Å². The van der Waals surface area contributed by atoms with Crippen molar-refractivity contribution in [1.82, 2.24) is 14.6 Å². The summed E-state index contributed by atoms with van der Waals surface area (Å²) in [5.74, 6) is -0.293. The maximum atomic E-state index is 12.5. The normalized spacial score (nSPS) is 23.0. The summed E-state index contributed by atoms with van der Waals surface area (Å²) in [4.78, 5) is 4.00. The maximum absolute atomic E-state index is 12.5. The molecular weight excluding hydrogens is 314 g/mol. The van der Waals surface area contributed by atoms with Gasteiger partial charge >= 0.3 is 0 Å². The first-order chi connectivity index (χ1) is 9.76. The first-order valence-corrected chi connectivity index (χ1v) is 9.84. The SMILES string of the molecule is CNCc1ccc(S(=O)(=O)N2CCS(=O)(=O)CC2C)nc1. The Morgan fingerprint density at radius 3 is 2.67 bits per heavy atom. The van der Waals surface area contributed by atoms with E-state index in [1.165, 1.54) is 16.6 Å². The largest absolute Gasteiger partial charge is 0.316 e. The van der Waals surface area contributed by atoms with Crippen molar-refractivity contribution >= 4 is 19.9 Å². The molecule has 2 heterocycles. The van der Waals surface area contributed by atoms with Crippen molar-refractivity contribution in [2.45, 2.75) is 24.5 Å². The van der Waals surface area contributed by atoms with Gasteiger partial charge in [-0.05, 0) is 25.6 Å². The Hall–Kier alpha value is -1.03. The van der Waals surface area contributed by atoms with Crippen molar-refractivity contribution in [3.63, 3.8) is 0 Å². The van der Waals surface area contributed by atoms with Crippen LogP contribution in [0.1, 0.15) is 12.5 Å². The number of pyridine rings is 1. The second-order valence-corrected chi connectivity index (χ2v) is 9.18. The molecule has 1 aliphatic rings. The minimum absolute atomic E-state index is 0.0220. The summed E-state index contributed by atoms with van der Waals surface area (Å²) >= 11 is 0. The van der Waals surface area contributed by atoms with E-state index in [4.69, 9.17) is 0 Å². The van der Waals surface area contributed by atoms with Crippen LogP contribution < -0.4 is 5.32 Å². The summed E-state index contributed by atoms with van der Waals surface area (Å²) in [6.45, 7) is 2.18. The molecule has 0 aliphatic carbocycles. The molecule has 0 bridgehead atoms. The van der Waals surface area contributed by atoms with E-state index >= 15 is 0 Å². The number of aromatic nitrogens is 1. The fraction of sp³-hybridized carbons (Fsp3) is 0.583. The van der Waals surface area contributed by atoms with Gasteiger partial charge in [0.1, 0.15) is 0 Å². The monoisotopic (exact) mass is 333 g/mol. The predicted molar refractivity (Wildman–Crippen MR) is 79.0 cm³/mol. The highest BCUT2D eigenvalue weighted by atomic mass is 32.2. The second kappa shape index (κ2) is 5.99. The highest BCUT2D eigenvalue weighted by Crippen LogP contribution is 2.21. The van der Waals surface area contributed by atoms with E-state index in [2.05, 4.69) is 10.3 Å². The van der Waals surface area contributed by atoms with Gasteiger partial charge in [0, 0.05) is 25.3 Å². The molecule has 1 aliphatic heterocycles. The molecule has 1 fully saturated rings. The lowest BCUT2D eigenvalue weighted by Crippen LogP contribution is -2.49. The highest BCUT2D eigenvalue weighted by Gasteiger charge is 2.37. The average Bonchev–Trinajstić information content (AvgIpc) is 2.38. The first kappa shape index (κ1) is 16.3. The maximum Gasteiger partial charge on any atom is 0.260 e. The van der Waals surface area contributed by atoms with Gasteiger partial charge < -0.3 is 5.32 Å². The molecule has 1 unspecified atom stereocenters. The van der Waals surface area contributed by atoms with Crippen LogP contribution >= 0.6 is 0 Å². The molecule has 0 amide bonds. The molecule has 2 rings (SSSR count). The third-order valence-corrected chi connectivity index (χ3v) is 7.09. The van der Waals surface area contributed by atoms with Crippen LogP contribution in [0.3, 0.4) is 0 Å². The van der Waals surface area contributed by atoms with Crippen molar-refractivity contribution in [3.8, 4) is 0 Å². The van der Waals surface area contributed by atoms with Crippen LogP contribution in [0.15, 0.2) is 23.4 Å². The number of sulfonamides is 1. The van der Waals surface area contributed by atoms with E-state index in [0.29, 0.717) is 6.54 Å². The Kier molecular flexibility index (Phi) is 4.66. The van der Waals surface area contributed by atoms with Crippen molar-refractivity contribution in [2.75, 3.05) is 25.1 Å². The molecule has 0 radical (unpaired) electrons. The molecule has 0 spiro atoms. The molecule has 1 N–H and O–H groups in total. The summed E-state index contributed by atoms with van der Waals surface area (Å²) < 4.78 is 49.4. The molecular formula is C12H19N3O4S2. The fourth-order valence-corrected chi connectivity index (χ4v) is 5.65. The molecule has 118 valence electrons. The Labute approximate surface area is 125 Å². The van der Waals surface area contributed by atoms with Crippen LogP contribution in [0, 0.1) is 0 Å². The summed E-state index contributed by atoms with van der Waals surface area (Å²) in [5.41, 5.74) is 0.880. The predicted octanol–water partition coefficient (Wildman–Crippen LogP) is -0.391. The van der Waals surface area contributed by atoms with Crippen LogP contribution in [0.2, 0.25) is 0 Å². The minimum atomic E-state index is -3.76. The minimum Gasteiger partial charge on any atom is -0.316 e. The average molecular weight is 333 g/mol. The fourth-order valence-electron chi connectivity index (χ4n) is 2.33. The lowest BCUT2D eigenvalue weighted by molar-refractivity contribution is 0.355. The number of hydrogen-bond donors (Lipinski definition) is 1. The zero-order valence-electron chi connectivity index (χ0n) is 12.0. The van der Waals surface area contributed by atoms with Gasteiger partial charge in [0.15, 0.2) is 14.9 Å². The van der Waals surface area contributed by atoms with Crippen molar-refractivity contribution < 1.29 is 16.8 Å². The van der Waals surface area contributed by atoms with Gasteiger partial charge in [-0.25, -0.2) is 21.8 Å². The molecule has 9 heteroatoms. The zero-order chi connectivity index (χ0) is 15.7. The van der Waals surface area contributed by atoms with Gasteiger partial charge in [0.25, 0.3) is 10.0 Å². The Morgan fingerprint density at radius 1 is 1.43 bits per heavy atom. The zero-order valence-corrected chi connectivity index (χ0v) is 13.6. The molecule has 0 saturated carbocycles. The van der Waals surface area contributed by atoms with Crippen LogP contribution in [0.5, 0.6) is 0 Å². The topological polar surface area (TPSA) is 96.4 Å². The van der Waals surface area contributed by atoms with E-state index in [0.717, 1.165) is 5.56 Å². The van der Waals surface area contributed by atoms with Gasteiger partial charge in [-0.3, -0.25) is 0 Å². The van der Waals surface area contributed by atoms with Crippen molar-refractivity contribution in [2.24, 2.45) is 0 Å². The highest BCUT2D eigenvalue weighted by molar-refractivity contribution is 7.92. The van der Waals surface area contributed by atoms with Crippen molar-refractivity contribution in [1.29, 1.82) is 0 Å². The summed E-state index contributed by atoms with van der Waals surface area (Å²) in [5, 5.41) is 2.91. The van der Waals surface area contributed by atoms with Crippen LogP contribution in [0.4, 0.5) is 0 Å². The Bertz CT molecular complexity index is 699. The van der Waals surface area contributed by atoms with Gasteiger partial charge in [-0.1, -0.05) is 6.07 Å². The molecule has 21 heavy (non-hydrogen) atoms. The van der Waals surface area contributed by atoms with E-state index in [-0.39, 0.29) is 23.1 Å². The molecule has 1 aromatic rings. The molecule has 1 saturated heterocycles. The number of hydrogen-bond acceptors (Lipinski definition) is 6. The second-order valence-electron chi connectivity index (χ2n) is 5.11. The molecule has 7 nitrogen and oxygen atoms in total. The number of nitrogens with zero attached hydrogens (tertiary/aromatic N) is 2.